The first kappa shape index (κ1) is 17.2. The van der Waals surface area contributed by atoms with E-state index in [-0.39, 0.29) is 5.78 Å². The molecule has 27 heavy (non-hydrogen) atoms. The molecule has 2 aromatic heterocycles. The zero-order valence-corrected chi connectivity index (χ0v) is 15.0. The molecule has 1 aromatic carbocycles. The predicted molar refractivity (Wildman–Crippen MR) is 104 cm³/mol. The third-order valence-electron chi connectivity index (χ3n) is 4.98. The molecule has 1 N–H and O–H groups in total. The standard InChI is InChI=1S/C22H21N3O2/c26-19-8-1-5-16(13-19)18-7-4-12-25(15-18)21-10-2-9-20(24-21)22(27)17-6-3-11-23-14-17/h1-3,5-6,8-11,13-14,18,26H,4,7,12,15H2. The highest BCUT2D eigenvalue weighted by Gasteiger charge is 2.23. The number of phenols is 1. The van der Waals surface area contributed by atoms with Gasteiger partial charge in [-0.25, -0.2) is 4.98 Å². The zero-order valence-electron chi connectivity index (χ0n) is 15.0. The molecule has 1 aliphatic rings. The molecule has 0 spiro atoms. The summed E-state index contributed by atoms with van der Waals surface area (Å²) in [6, 6.07) is 16.6. The molecule has 1 unspecified atom stereocenters. The molecule has 0 saturated carbocycles. The Kier molecular flexibility index (Phi) is 4.83. The maximum absolute atomic E-state index is 12.7. The Balaban J connectivity index is 1.55. The summed E-state index contributed by atoms with van der Waals surface area (Å²) >= 11 is 0. The fourth-order valence-electron chi connectivity index (χ4n) is 3.61. The van der Waals surface area contributed by atoms with Crippen LogP contribution >= 0.6 is 0 Å². The fourth-order valence-corrected chi connectivity index (χ4v) is 3.61. The first-order valence-corrected chi connectivity index (χ1v) is 9.16. The quantitative estimate of drug-likeness (QED) is 0.718. The van der Waals surface area contributed by atoms with E-state index in [4.69, 9.17) is 0 Å². The van der Waals surface area contributed by atoms with Gasteiger partial charge >= 0.3 is 0 Å². The Bertz CT molecular complexity index is 943. The first-order chi connectivity index (χ1) is 13.2. The molecule has 3 heterocycles. The largest absolute Gasteiger partial charge is 0.508 e. The molecule has 5 heteroatoms. The fraction of sp³-hybridized carbons (Fsp3) is 0.227. The van der Waals surface area contributed by atoms with Crippen LogP contribution in [0.1, 0.15) is 40.4 Å². The van der Waals surface area contributed by atoms with Gasteiger partial charge in [-0.2, -0.15) is 0 Å². The van der Waals surface area contributed by atoms with Crippen molar-refractivity contribution in [3.63, 3.8) is 0 Å². The Hall–Kier alpha value is -3.21. The van der Waals surface area contributed by atoms with Crippen molar-refractivity contribution in [3.8, 4) is 5.75 Å². The van der Waals surface area contributed by atoms with Gasteiger partial charge in [-0.15, -0.1) is 0 Å². The van der Waals surface area contributed by atoms with E-state index in [1.165, 1.54) is 0 Å². The molecule has 1 atom stereocenters. The summed E-state index contributed by atoms with van der Waals surface area (Å²) < 4.78 is 0. The predicted octanol–water partition coefficient (Wildman–Crippen LogP) is 3.80. The van der Waals surface area contributed by atoms with Crippen molar-refractivity contribution in [2.45, 2.75) is 18.8 Å². The van der Waals surface area contributed by atoms with Gasteiger partial charge in [0, 0.05) is 37.0 Å². The summed E-state index contributed by atoms with van der Waals surface area (Å²) in [5.41, 5.74) is 2.11. The number of nitrogens with zero attached hydrogens (tertiary/aromatic N) is 3. The number of anilines is 1. The van der Waals surface area contributed by atoms with Crippen LogP contribution in [0.3, 0.4) is 0 Å². The van der Waals surface area contributed by atoms with E-state index >= 15 is 0 Å². The van der Waals surface area contributed by atoms with Crippen LogP contribution in [-0.4, -0.2) is 33.9 Å². The van der Waals surface area contributed by atoms with Gasteiger partial charge in [-0.1, -0.05) is 18.2 Å². The van der Waals surface area contributed by atoms with E-state index in [1.54, 1.807) is 36.7 Å². The Morgan fingerprint density at radius 2 is 2.00 bits per heavy atom. The Morgan fingerprint density at radius 3 is 2.81 bits per heavy atom. The smallest absolute Gasteiger partial charge is 0.212 e. The SMILES string of the molecule is O=C(c1cccnc1)c1cccc(N2CCCC(c3cccc(O)c3)C2)n1. The molecular weight excluding hydrogens is 338 g/mol. The van der Waals surface area contributed by atoms with Crippen molar-refractivity contribution < 1.29 is 9.90 Å². The average molecular weight is 359 g/mol. The van der Waals surface area contributed by atoms with Gasteiger partial charge in [0.15, 0.2) is 0 Å². The summed E-state index contributed by atoms with van der Waals surface area (Å²) in [6.45, 7) is 1.73. The molecule has 4 rings (SSSR count). The highest BCUT2D eigenvalue weighted by molar-refractivity contribution is 6.07. The summed E-state index contributed by atoms with van der Waals surface area (Å²) in [5.74, 6) is 1.33. The number of ketones is 1. The number of phenolic OH excluding ortho intramolecular Hbond substituents is 1. The number of rotatable bonds is 4. The van der Waals surface area contributed by atoms with Crippen molar-refractivity contribution in [3.05, 3.63) is 83.8 Å². The normalized spacial score (nSPS) is 16.9. The number of carbonyl (C=O) groups excluding carboxylic acids is 1. The topological polar surface area (TPSA) is 66.3 Å². The van der Waals surface area contributed by atoms with E-state index in [1.807, 2.05) is 24.3 Å². The lowest BCUT2D eigenvalue weighted by atomic mass is 9.90. The number of carbonyl (C=O) groups is 1. The second-order valence-corrected chi connectivity index (χ2v) is 6.83. The third kappa shape index (κ3) is 3.82. The van der Waals surface area contributed by atoms with Gasteiger partial charge in [0.2, 0.25) is 5.78 Å². The maximum Gasteiger partial charge on any atom is 0.212 e. The van der Waals surface area contributed by atoms with E-state index in [0.29, 0.717) is 22.9 Å². The van der Waals surface area contributed by atoms with Crippen LogP contribution in [0.15, 0.2) is 67.0 Å². The Labute approximate surface area is 158 Å². The van der Waals surface area contributed by atoms with Gasteiger partial charge in [-0.3, -0.25) is 9.78 Å². The number of hydrogen-bond donors (Lipinski definition) is 1. The second-order valence-electron chi connectivity index (χ2n) is 6.83. The van der Waals surface area contributed by atoms with Gasteiger partial charge < -0.3 is 10.0 Å². The van der Waals surface area contributed by atoms with Crippen molar-refractivity contribution >= 4 is 11.6 Å². The average Bonchev–Trinajstić information content (AvgIpc) is 2.74. The molecule has 0 radical (unpaired) electrons. The molecule has 1 aliphatic heterocycles. The number of hydrogen-bond acceptors (Lipinski definition) is 5. The van der Waals surface area contributed by atoms with Crippen LogP contribution in [0.2, 0.25) is 0 Å². The van der Waals surface area contributed by atoms with Crippen LogP contribution in [0.5, 0.6) is 5.75 Å². The third-order valence-corrected chi connectivity index (χ3v) is 4.98. The number of aromatic hydroxyl groups is 1. The van der Waals surface area contributed by atoms with E-state index in [9.17, 15) is 9.90 Å². The molecule has 3 aromatic rings. The van der Waals surface area contributed by atoms with Gasteiger partial charge in [0.25, 0.3) is 0 Å². The molecule has 1 fully saturated rings. The lowest BCUT2D eigenvalue weighted by molar-refractivity contribution is 0.103. The zero-order chi connectivity index (χ0) is 18.6. The lowest BCUT2D eigenvalue weighted by Crippen LogP contribution is -2.35. The van der Waals surface area contributed by atoms with Crippen molar-refractivity contribution in [1.82, 2.24) is 9.97 Å². The molecule has 136 valence electrons. The first-order valence-electron chi connectivity index (χ1n) is 9.16. The van der Waals surface area contributed by atoms with Crippen molar-refractivity contribution in [2.24, 2.45) is 0 Å². The molecule has 0 aliphatic carbocycles. The number of aromatic nitrogens is 2. The van der Waals surface area contributed by atoms with Gasteiger partial charge in [0.1, 0.15) is 17.3 Å². The summed E-state index contributed by atoms with van der Waals surface area (Å²) in [7, 11) is 0. The van der Waals surface area contributed by atoms with Gasteiger partial charge in [0.05, 0.1) is 0 Å². The highest BCUT2D eigenvalue weighted by atomic mass is 16.3. The Morgan fingerprint density at radius 1 is 1.11 bits per heavy atom. The van der Waals surface area contributed by atoms with Crippen LogP contribution < -0.4 is 4.90 Å². The van der Waals surface area contributed by atoms with Crippen molar-refractivity contribution in [1.29, 1.82) is 0 Å². The summed E-state index contributed by atoms with van der Waals surface area (Å²) in [4.78, 5) is 23.5. The van der Waals surface area contributed by atoms with Crippen LogP contribution in [0.4, 0.5) is 5.82 Å². The summed E-state index contributed by atoms with van der Waals surface area (Å²) in [5, 5.41) is 9.76. The monoisotopic (exact) mass is 359 g/mol. The molecule has 1 saturated heterocycles. The number of pyridine rings is 2. The van der Waals surface area contributed by atoms with Crippen LogP contribution in [0, 0.1) is 0 Å². The lowest BCUT2D eigenvalue weighted by Gasteiger charge is -2.34. The van der Waals surface area contributed by atoms with Crippen molar-refractivity contribution in [2.75, 3.05) is 18.0 Å². The van der Waals surface area contributed by atoms with Gasteiger partial charge in [-0.05, 0) is 54.8 Å². The van der Waals surface area contributed by atoms with Crippen LogP contribution in [0.25, 0.3) is 0 Å². The minimum absolute atomic E-state index is 0.119. The second kappa shape index (κ2) is 7.58. The summed E-state index contributed by atoms with van der Waals surface area (Å²) in [6.07, 6.45) is 5.34. The van der Waals surface area contributed by atoms with E-state index < -0.39 is 0 Å². The molecule has 5 nitrogen and oxygen atoms in total. The minimum atomic E-state index is -0.119. The highest BCUT2D eigenvalue weighted by Crippen LogP contribution is 2.30. The molecule has 0 amide bonds. The van der Waals surface area contributed by atoms with E-state index in [2.05, 4.69) is 20.9 Å². The number of piperidine rings is 1. The molecular formula is C22H21N3O2. The number of benzene rings is 1. The van der Waals surface area contributed by atoms with E-state index in [0.717, 1.165) is 37.3 Å². The maximum atomic E-state index is 12.7. The minimum Gasteiger partial charge on any atom is -0.508 e. The molecule has 0 bridgehead atoms. The van der Waals surface area contributed by atoms with Crippen LogP contribution in [-0.2, 0) is 0 Å².